The van der Waals surface area contributed by atoms with Crippen LogP contribution in [0.3, 0.4) is 0 Å². The average Bonchev–Trinajstić information content (AvgIpc) is 3.59. The fourth-order valence-corrected chi connectivity index (χ4v) is 6.79. The molecule has 1 saturated carbocycles. The number of rotatable bonds is 6. The Labute approximate surface area is 217 Å². The van der Waals surface area contributed by atoms with Crippen molar-refractivity contribution >= 4 is 23.2 Å². The van der Waals surface area contributed by atoms with E-state index >= 15 is 0 Å². The van der Waals surface area contributed by atoms with Gasteiger partial charge in [0.15, 0.2) is 17.4 Å². The Bertz CT molecular complexity index is 1320. The number of hydrogen-bond donors (Lipinski definition) is 2. The van der Waals surface area contributed by atoms with Gasteiger partial charge in [0.05, 0.1) is 31.1 Å². The third-order valence-electron chi connectivity index (χ3n) is 7.89. The minimum absolute atomic E-state index is 0.0866. The summed E-state index contributed by atoms with van der Waals surface area (Å²) in [6, 6.07) is 16.9. The zero-order valence-corrected chi connectivity index (χ0v) is 20.6. The molecule has 6 rings (SSSR count). The number of halogens is 1. The van der Waals surface area contributed by atoms with Crippen LogP contribution in [0.1, 0.15) is 29.4 Å². The Morgan fingerprint density at radius 3 is 2.62 bits per heavy atom. The standard InChI is InChI=1S/C28H26FNO6S/c29-22-11-16(8-9-23(22)31)24-13-21-25-20(26(32)30(27(25)33)14-19-7-4-10-37-19)12-17(28(21,34)36-24)15-35-18-5-2-1-3-6-18/h1-11,17,20-21,24-25,31,34H,12-15H2/t17-,20+,21+,24+,25+,28-/m1/s1. The molecule has 2 N–H and O–H groups in total. The molecule has 9 heteroatoms. The summed E-state index contributed by atoms with van der Waals surface area (Å²) >= 11 is 1.48. The van der Waals surface area contributed by atoms with Crippen molar-refractivity contribution < 1.29 is 33.7 Å². The van der Waals surface area contributed by atoms with Crippen LogP contribution >= 0.6 is 11.3 Å². The third-order valence-corrected chi connectivity index (χ3v) is 8.75. The molecular weight excluding hydrogens is 497 g/mol. The number of nitrogens with zero attached hydrogens (tertiary/aromatic N) is 1. The van der Waals surface area contributed by atoms with Crippen LogP contribution in [-0.2, 0) is 20.9 Å². The van der Waals surface area contributed by atoms with Gasteiger partial charge in [0.2, 0.25) is 11.8 Å². The molecule has 3 aromatic rings. The maximum absolute atomic E-state index is 14.2. The van der Waals surface area contributed by atoms with E-state index in [1.807, 2.05) is 35.7 Å². The van der Waals surface area contributed by atoms with Crippen molar-refractivity contribution in [3.63, 3.8) is 0 Å². The first-order valence-electron chi connectivity index (χ1n) is 12.3. The van der Waals surface area contributed by atoms with Gasteiger partial charge in [-0.05, 0) is 54.1 Å². The molecule has 2 saturated heterocycles. The highest BCUT2D eigenvalue weighted by Crippen LogP contribution is 2.58. The Morgan fingerprint density at radius 1 is 1.08 bits per heavy atom. The molecule has 0 bridgehead atoms. The van der Waals surface area contributed by atoms with Crippen molar-refractivity contribution in [2.24, 2.45) is 23.7 Å². The molecule has 0 unspecified atom stereocenters. The Balaban J connectivity index is 1.33. The number of benzene rings is 2. The number of amides is 2. The number of aromatic hydroxyl groups is 1. The molecule has 2 amide bonds. The summed E-state index contributed by atoms with van der Waals surface area (Å²) in [5.74, 6) is -5.56. The monoisotopic (exact) mass is 523 g/mol. The van der Waals surface area contributed by atoms with Crippen molar-refractivity contribution in [3.8, 4) is 11.5 Å². The number of para-hydroxylation sites is 1. The van der Waals surface area contributed by atoms with Gasteiger partial charge in [-0.15, -0.1) is 11.3 Å². The highest BCUT2D eigenvalue weighted by Gasteiger charge is 2.66. The van der Waals surface area contributed by atoms with Crippen LogP contribution < -0.4 is 4.74 Å². The molecule has 1 aliphatic carbocycles. The highest BCUT2D eigenvalue weighted by molar-refractivity contribution is 7.09. The number of aliphatic hydroxyl groups is 1. The number of hydrogen-bond acceptors (Lipinski definition) is 7. The molecule has 0 spiro atoms. The van der Waals surface area contributed by atoms with E-state index in [-0.39, 0.29) is 37.8 Å². The second kappa shape index (κ2) is 9.24. The number of ether oxygens (including phenoxy) is 2. The van der Waals surface area contributed by atoms with Crippen LogP contribution in [0.2, 0.25) is 0 Å². The average molecular weight is 524 g/mol. The molecule has 7 nitrogen and oxygen atoms in total. The lowest BCUT2D eigenvalue weighted by atomic mass is 9.64. The van der Waals surface area contributed by atoms with Gasteiger partial charge >= 0.3 is 0 Å². The number of phenolic OH excluding ortho intramolecular Hbond substituents is 1. The molecule has 2 aromatic carbocycles. The van der Waals surface area contributed by atoms with E-state index in [2.05, 4.69) is 0 Å². The van der Waals surface area contributed by atoms with Crippen LogP contribution in [0.15, 0.2) is 66.0 Å². The number of carbonyl (C=O) groups excluding carboxylic acids is 2. The summed E-state index contributed by atoms with van der Waals surface area (Å²) in [7, 11) is 0. The van der Waals surface area contributed by atoms with E-state index in [0.29, 0.717) is 11.3 Å². The lowest BCUT2D eigenvalue weighted by Gasteiger charge is -2.44. The lowest BCUT2D eigenvalue weighted by molar-refractivity contribution is -0.272. The number of thiophene rings is 1. The second-order valence-corrected chi connectivity index (χ2v) is 11.0. The number of likely N-dealkylation sites (tertiary alicyclic amines) is 1. The normalized spacial score (nSPS) is 30.9. The second-order valence-electron chi connectivity index (χ2n) is 9.94. The zero-order valence-electron chi connectivity index (χ0n) is 19.8. The summed E-state index contributed by atoms with van der Waals surface area (Å²) in [5, 5.41) is 23.5. The van der Waals surface area contributed by atoms with E-state index in [0.717, 1.165) is 4.88 Å². The molecule has 3 fully saturated rings. The van der Waals surface area contributed by atoms with Gasteiger partial charge in [-0.2, -0.15) is 0 Å². The first kappa shape index (κ1) is 24.1. The molecule has 6 atom stereocenters. The van der Waals surface area contributed by atoms with Crippen molar-refractivity contribution in [3.05, 3.63) is 82.3 Å². The summed E-state index contributed by atoms with van der Waals surface area (Å²) < 4.78 is 26.3. The van der Waals surface area contributed by atoms with E-state index in [1.165, 1.54) is 28.4 Å². The van der Waals surface area contributed by atoms with Crippen molar-refractivity contribution in [2.45, 2.75) is 31.3 Å². The predicted octanol–water partition coefficient (Wildman–Crippen LogP) is 4.26. The number of imide groups is 1. The van der Waals surface area contributed by atoms with Gasteiger partial charge in [-0.25, -0.2) is 4.39 Å². The highest BCUT2D eigenvalue weighted by atomic mass is 32.1. The minimum atomic E-state index is -1.75. The molecule has 37 heavy (non-hydrogen) atoms. The Hall–Kier alpha value is -3.27. The summed E-state index contributed by atoms with van der Waals surface area (Å²) in [4.78, 5) is 29.3. The summed E-state index contributed by atoms with van der Waals surface area (Å²) in [5.41, 5.74) is 0.449. The molecular formula is C28H26FNO6S. The van der Waals surface area contributed by atoms with Crippen molar-refractivity contribution in [1.82, 2.24) is 4.90 Å². The maximum Gasteiger partial charge on any atom is 0.233 e. The van der Waals surface area contributed by atoms with E-state index in [4.69, 9.17) is 9.47 Å². The smallest absolute Gasteiger partial charge is 0.233 e. The number of phenols is 1. The van der Waals surface area contributed by atoms with Crippen LogP contribution in [0.25, 0.3) is 0 Å². The van der Waals surface area contributed by atoms with Gasteiger partial charge in [-0.1, -0.05) is 30.3 Å². The summed E-state index contributed by atoms with van der Waals surface area (Å²) in [6.07, 6.45) is -0.250. The van der Waals surface area contributed by atoms with Gasteiger partial charge in [0, 0.05) is 16.7 Å². The molecule has 2 aliphatic heterocycles. The van der Waals surface area contributed by atoms with Crippen LogP contribution in [0.5, 0.6) is 11.5 Å². The van der Waals surface area contributed by atoms with E-state index in [9.17, 15) is 24.2 Å². The topological polar surface area (TPSA) is 96.3 Å². The minimum Gasteiger partial charge on any atom is -0.505 e. The van der Waals surface area contributed by atoms with Gasteiger partial charge in [0.25, 0.3) is 0 Å². The largest absolute Gasteiger partial charge is 0.505 e. The Morgan fingerprint density at radius 2 is 1.89 bits per heavy atom. The third kappa shape index (κ3) is 4.11. The zero-order chi connectivity index (χ0) is 25.7. The molecule has 192 valence electrons. The van der Waals surface area contributed by atoms with E-state index in [1.54, 1.807) is 18.2 Å². The van der Waals surface area contributed by atoms with Gasteiger partial charge in [0.1, 0.15) is 5.75 Å². The predicted molar refractivity (Wildman–Crippen MR) is 132 cm³/mol. The molecule has 3 aliphatic rings. The molecule has 0 radical (unpaired) electrons. The fourth-order valence-electron chi connectivity index (χ4n) is 6.10. The summed E-state index contributed by atoms with van der Waals surface area (Å²) in [6.45, 7) is 0.287. The van der Waals surface area contributed by atoms with Crippen molar-refractivity contribution in [1.29, 1.82) is 0 Å². The maximum atomic E-state index is 14.2. The Kier molecular flexibility index (Phi) is 6.01. The quantitative estimate of drug-likeness (QED) is 0.469. The van der Waals surface area contributed by atoms with Crippen LogP contribution in [0.4, 0.5) is 4.39 Å². The SMILES string of the molecule is O=C1[C@H]2[C@H](C[C@H](COc3ccccc3)[C@@]3(O)O[C@H](c4ccc(O)c(F)c4)C[C@@H]23)C(=O)N1Cc1cccs1. The number of fused-ring (bicyclic) bond motifs is 3. The first-order chi connectivity index (χ1) is 17.8. The molecule has 3 heterocycles. The van der Waals surface area contributed by atoms with Gasteiger partial charge < -0.3 is 19.7 Å². The number of carbonyl (C=O) groups is 2. The van der Waals surface area contributed by atoms with Gasteiger partial charge in [-0.3, -0.25) is 14.5 Å². The first-order valence-corrected chi connectivity index (χ1v) is 13.2. The van der Waals surface area contributed by atoms with E-state index < -0.39 is 47.1 Å². The van der Waals surface area contributed by atoms with Crippen LogP contribution in [-0.4, -0.2) is 39.3 Å². The fraction of sp³-hybridized carbons (Fsp3) is 0.357. The van der Waals surface area contributed by atoms with Crippen molar-refractivity contribution in [2.75, 3.05) is 6.61 Å². The lowest BCUT2D eigenvalue weighted by Crippen LogP contribution is -2.55. The molecule has 1 aromatic heterocycles. The van der Waals surface area contributed by atoms with Crippen LogP contribution in [0, 0.1) is 29.5 Å².